The summed E-state index contributed by atoms with van der Waals surface area (Å²) in [6, 6.07) is 30.1. The Balaban J connectivity index is 1.50. The minimum atomic E-state index is -0.360. The van der Waals surface area contributed by atoms with E-state index in [4.69, 9.17) is 15.0 Å². The van der Waals surface area contributed by atoms with Crippen molar-refractivity contribution in [3.8, 4) is 22.5 Å². The molecule has 37 heavy (non-hydrogen) atoms. The first kappa shape index (κ1) is 23.8. The molecule has 0 fully saturated rings. The molecule has 4 heterocycles. The van der Waals surface area contributed by atoms with Crippen LogP contribution in [0.3, 0.4) is 0 Å². The summed E-state index contributed by atoms with van der Waals surface area (Å²) in [5.74, 6) is 0. The second-order valence-corrected chi connectivity index (χ2v) is 12.5. The number of hydrogen-bond acceptors (Lipinski definition) is 3. The van der Waals surface area contributed by atoms with Gasteiger partial charge in [-0.2, -0.15) is 0 Å². The molecule has 6 rings (SSSR count). The van der Waals surface area contributed by atoms with Crippen molar-refractivity contribution >= 4 is 33.9 Å². The van der Waals surface area contributed by atoms with E-state index in [1.807, 2.05) is 6.07 Å². The fourth-order valence-electron chi connectivity index (χ4n) is 4.97. The quantitative estimate of drug-likeness (QED) is 0.212. The van der Waals surface area contributed by atoms with Crippen molar-refractivity contribution in [3.63, 3.8) is 0 Å². The molecule has 0 amide bonds. The summed E-state index contributed by atoms with van der Waals surface area (Å²) >= 11 is 0.164. The molecule has 0 unspecified atom stereocenters. The summed E-state index contributed by atoms with van der Waals surface area (Å²) in [5.41, 5.74) is 9.58. The van der Waals surface area contributed by atoms with Gasteiger partial charge in [0.15, 0.2) is 0 Å². The zero-order chi connectivity index (χ0) is 25.7. The van der Waals surface area contributed by atoms with E-state index >= 15 is 0 Å². The predicted octanol–water partition coefficient (Wildman–Crippen LogP) is 7.82. The fraction of sp³-hybridized carbons (Fsp3) is 0.182. The van der Waals surface area contributed by atoms with Gasteiger partial charge in [0, 0.05) is 0 Å². The Kier molecular flexibility index (Phi) is 5.82. The molecule has 0 atom stereocenters. The summed E-state index contributed by atoms with van der Waals surface area (Å²) in [6.45, 7) is 10.8. The molecule has 0 radical (unpaired) electrons. The SMILES string of the molecule is Cc1cc(-c2ccccc2)nc(C(C)(C)c2cc(C)cc(-c3cccc4c3[se]c3nc(C)ccc34)n2)c1. The van der Waals surface area contributed by atoms with Gasteiger partial charge < -0.3 is 0 Å². The topological polar surface area (TPSA) is 38.7 Å². The normalized spacial score (nSPS) is 11.9. The van der Waals surface area contributed by atoms with E-state index in [2.05, 4.69) is 113 Å². The third-order valence-corrected chi connectivity index (χ3v) is 9.48. The monoisotopic (exact) mass is 547 g/mol. The van der Waals surface area contributed by atoms with Crippen LogP contribution in [-0.4, -0.2) is 29.5 Å². The molecular formula is C33H29N3Se. The van der Waals surface area contributed by atoms with Gasteiger partial charge in [0.25, 0.3) is 0 Å². The molecule has 0 aliphatic rings. The molecule has 0 bridgehead atoms. The van der Waals surface area contributed by atoms with Crippen LogP contribution in [0.1, 0.15) is 42.1 Å². The van der Waals surface area contributed by atoms with Crippen molar-refractivity contribution in [2.45, 2.75) is 40.0 Å². The zero-order valence-corrected chi connectivity index (χ0v) is 23.5. The molecular weight excluding hydrogens is 517 g/mol. The van der Waals surface area contributed by atoms with Gasteiger partial charge in [0.2, 0.25) is 0 Å². The molecule has 2 aromatic carbocycles. The van der Waals surface area contributed by atoms with Gasteiger partial charge in [-0.05, 0) is 0 Å². The molecule has 182 valence electrons. The Hall–Kier alpha value is -3.59. The van der Waals surface area contributed by atoms with Crippen LogP contribution in [0.4, 0.5) is 0 Å². The third kappa shape index (κ3) is 4.31. The van der Waals surface area contributed by atoms with E-state index in [1.54, 1.807) is 0 Å². The van der Waals surface area contributed by atoms with Gasteiger partial charge in [-0.15, -0.1) is 0 Å². The van der Waals surface area contributed by atoms with Crippen LogP contribution in [0.15, 0.2) is 84.9 Å². The molecule has 0 saturated heterocycles. The number of hydrogen-bond donors (Lipinski definition) is 0. The van der Waals surface area contributed by atoms with Crippen molar-refractivity contribution in [3.05, 3.63) is 113 Å². The molecule has 0 saturated carbocycles. The predicted molar refractivity (Wildman–Crippen MR) is 155 cm³/mol. The van der Waals surface area contributed by atoms with Gasteiger partial charge in [-0.1, -0.05) is 6.07 Å². The average molecular weight is 547 g/mol. The second kappa shape index (κ2) is 9.06. The minimum absolute atomic E-state index is 0.164. The van der Waals surface area contributed by atoms with Crippen LogP contribution < -0.4 is 0 Å². The molecule has 3 nitrogen and oxygen atoms in total. The Morgan fingerprint density at radius 3 is 2.03 bits per heavy atom. The van der Waals surface area contributed by atoms with Crippen LogP contribution in [0, 0.1) is 20.8 Å². The molecule has 4 aromatic heterocycles. The number of benzene rings is 2. The van der Waals surface area contributed by atoms with E-state index in [0.29, 0.717) is 0 Å². The van der Waals surface area contributed by atoms with Gasteiger partial charge in [-0.3, -0.25) is 0 Å². The van der Waals surface area contributed by atoms with Crippen LogP contribution in [0.5, 0.6) is 0 Å². The molecule has 0 aliphatic carbocycles. The van der Waals surface area contributed by atoms with Crippen LogP contribution in [0.2, 0.25) is 0 Å². The van der Waals surface area contributed by atoms with E-state index in [-0.39, 0.29) is 19.9 Å². The van der Waals surface area contributed by atoms with Gasteiger partial charge >= 0.3 is 218 Å². The molecule has 0 spiro atoms. The molecule has 0 aliphatic heterocycles. The summed E-state index contributed by atoms with van der Waals surface area (Å²) < 4.78 is 2.60. The molecule has 6 aromatic rings. The van der Waals surface area contributed by atoms with Crippen LogP contribution in [-0.2, 0) is 5.41 Å². The number of nitrogens with zero attached hydrogens (tertiary/aromatic N) is 3. The van der Waals surface area contributed by atoms with Crippen molar-refractivity contribution < 1.29 is 0 Å². The average Bonchev–Trinajstić information content (AvgIpc) is 3.26. The summed E-state index contributed by atoms with van der Waals surface area (Å²) in [7, 11) is 0. The summed E-state index contributed by atoms with van der Waals surface area (Å²) in [6.07, 6.45) is 0. The molecule has 0 N–H and O–H groups in total. The Labute approximate surface area is 224 Å². The van der Waals surface area contributed by atoms with Crippen molar-refractivity contribution in [2.75, 3.05) is 0 Å². The summed E-state index contributed by atoms with van der Waals surface area (Å²) in [5, 5.41) is 2.57. The second-order valence-electron chi connectivity index (χ2n) is 10.4. The maximum atomic E-state index is 5.29. The Morgan fingerprint density at radius 2 is 1.30 bits per heavy atom. The Bertz CT molecular complexity index is 1780. The van der Waals surface area contributed by atoms with Gasteiger partial charge in [0.05, 0.1) is 0 Å². The first-order valence-electron chi connectivity index (χ1n) is 12.6. The fourth-order valence-corrected chi connectivity index (χ4v) is 7.58. The first-order chi connectivity index (χ1) is 17.8. The number of pyridine rings is 3. The zero-order valence-electron chi connectivity index (χ0n) is 21.8. The maximum absolute atomic E-state index is 5.29. The third-order valence-electron chi connectivity index (χ3n) is 7.07. The first-order valence-corrected chi connectivity index (χ1v) is 14.3. The number of fused-ring (bicyclic) bond motifs is 3. The Morgan fingerprint density at radius 1 is 0.622 bits per heavy atom. The van der Waals surface area contributed by atoms with Crippen molar-refractivity contribution in [2.24, 2.45) is 0 Å². The van der Waals surface area contributed by atoms with E-state index in [9.17, 15) is 0 Å². The van der Waals surface area contributed by atoms with Gasteiger partial charge in [-0.25, -0.2) is 0 Å². The summed E-state index contributed by atoms with van der Waals surface area (Å²) in [4.78, 5) is 15.3. The van der Waals surface area contributed by atoms with Gasteiger partial charge in [0.1, 0.15) is 0 Å². The van der Waals surface area contributed by atoms with Crippen LogP contribution in [0.25, 0.3) is 41.9 Å². The standard InChI is InChI=1S/C33H29N3Se/c1-20-16-27(23-10-7-6-8-11-23)35-29(18-20)33(4,5)30-19-21(2)17-28(36-30)26-13-9-12-24-25-15-14-22(3)34-32(25)37-31(24)26/h6-19H,1-5H3. The van der Waals surface area contributed by atoms with Crippen LogP contribution >= 0.6 is 0 Å². The molecule has 4 heteroatoms. The van der Waals surface area contributed by atoms with Crippen molar-refractivity contribution in [1.29, 1.82) is 0 Å². The van der Waals surface area contributed by atoms with E-state index < -0.39 is 0 Å². The van der Waals surface area contributed by atoms with E-state index in [0.717, 1.165) is 34.0 Å². The van der Waals surface area contributed by atoms with Crippen molar-refractivity contribution in [1.82, 2.24) is 15.0 Å². The number of rotatable bonds is 4. The number of aryl methyl sites for hydroxylation is 3. The van der Waals surface area contributed by atoms with E-state index in [1.165, 1.54) is 36.1 Å². The number of aromatic nitrogens is 3.